The lowest BCUT2D eigenvalue weighted by molar-refractivity contribution is -0.183. The van der Waals surface area contributed by atoms with Gasteiger partial charge < -0.3 is 14.6 Å². The van der Waals surface area contributed by atoms with Crippen LogP contribution in [0.25, 0.3) is 0 Å². The summed E-state index contributed by atoms with van der Waals surface area (Å²) in [6.07, 6.45) is 3.54. The van der Waals surface area contributed by atoms with Crippen LogP contribution in [0.15, 0.2) is 24.3 Å². The minimum absolute atomic E-state index is 0.122. The van der Waals surface area contributed by atoms with Gasteiger partial charge in [0.25, 0.3) is 0 Å². The maximum absolute atomic E-state index is 12.0. The summed E-state index contributed by atoms with van der Waals surface area (Å²) in [7, 11) is 0. The molecular formula is C14H18O6. The van der Waals surface area contributed by atoms with Gasteiger partial charge in [0.05, 0.1) is 5.92 Å². The van der Waals surface area contributed by atoms with E-state index < -0.39 is 30.1 Å². The summed E-state index contributed by atoms with van der Waals surface area (Å²) >= 11 is 0. The Morgan fingerprint density at radius 2 is 2.20 bits per heavy atom. The van der Waals surface area contributed by atoms with Crippen molar-refractivity contribution in [3.05, 3.63) is 24.3 Å². The third-order valence-electron chi connectivity index (χ3n) is 2.96. The lowest BCUT2D eigenvalue weighted by atomic mass is 9.88. The van der Waals surface area contributed by atoms with Gasteiger partial charge in [0, 0.05) is 18.1 Å². The van der Waals surface area contributed by atoms with Crippen molar-refractivity contribution in [2.24, 2.45) is 5.92 Å². The standard InChI is InChI=1S/C14H18O6/c1-3-11(15)19-12(4-2)20-14(18)10-8-6-5-7-9(10)13(16)17/h3,8-9,12H,1,4-7H2,2H3,(H,16,17). The molecule has 0 spiro atoms. The molecule has 2 unspecified atom stereocenters. The van der Waals surface area contributed by atoms with E-state index in [2.05, 4.69) is 6.58 Å². The number of hydrogen-bond acceptors (Lipinski definition) is 5. The fourth-order valence-electron chi connectivity index (χ4n) is 1.92. The van der Waals surface area contributed by atoms with Gasteiger partial charge in [-0.25, -0.2) is 9.59 Å². The first-order valence-corrected chi connectivity index (χ1v) is 6.46. The van der Waals surface area contributed by atoms with Crippen LogP contribution in [0.3, 0.4) is 0 Å². The van der Waals surface area contributed by atoms with Gasteiger partial charge in [-0.1, -0.05) is 19.6 Å². The van der Waals surface area contributed by atoms with E-state index in [9.17, 15) is 14.4 Å². The fourth-order valence-corrected chi connectivity index (χ4v) is 1.92. The van der Waals surface area contributed by atoms with Crippen molar-refractivity contribution in [1.82, 2.24) is 0 Å². The van der Waals surface area contributed by atoms with E-state index >= 15 is 0 Å². The summed E-state index contributed by atoms with van der Waals surface area (Å²) in [5.41, 5.74) is 0.122. The summed E-state index contributed by atoms with van der Waals surface area (Å²) in [6.45, 7) is 4.93. The number of aliphatic carboxylic acids is 1. The first-order chi connectivity index (χ1) is 9.49. The van der Waals surface area contributed by atoms with E-state index in [-0.39, 0.29) is 12.0 Å². The number of carboxylic acids is 1. The maximum Gasteiger partial charge on any atom is 0.337 e. The predicted octanol–water partition coefficient (Wildman–Crippen LogP) is 1.81. The van der Waals surface area contributed by atoms with Crippen LogP contribution in [0.1, 0.15) is 32.6 Å². The molecular weight excluding hydrogens is 264 g/mol. The molecule has 0 saturated carbocycles. The minimum Gasteiger partial charge on any atom is -0.481 e. The lowest BCUT2D eigenvalue weighted by Crippen LogP contribution is -2.29. The monoisotopic (exact) mass is 282 g/mol. The number of carbonyl (C=O) groups excluding carboxylic acids is 2. The molecule has 6 heteroatoms. The third kappa shape index (κ3) is 4.22. The average molecular weight is 282 g/mol. The second-order valence-electron chi connectivity index (χ2n) is 4.37. The Balaban J connectivity index is 2.72. The summed E-state index contributed by atoms with van der Waals surface area (Å²) in [4.78, 5) is 34.2. The van der Waals surface area contributed by atoms with E-state index in [4.69, 9.17) is 14.6 Å². The number of hydrogen-bond donors (Lipinski definition) is 1. The lowest BCUT2D eigenvalue weighted by Gasteiger charge is -2.22. The Hall–Kier alpha value is -2.11. The molecule has 20 heavy (non-hydrogen) atoms. The number of rotatable bonds is 6. The van der Waals surface area contributed by atoms with Crippen LogP contribution in [-0.4, -0.2) is 29.3 Å². The molecule has 2 atom stereocenters. The van der Waals surface area contributed by atoms with Crippen LogP contribution >= 0.6 is 0 Å². The van der Waals surface area contributed by atoms with Crippen molar-refractivity contribution in [3.8, 4) is 0 Å². The van der Waals surface area contributed by atoms with Crippen LogP contribution in [-0.2, 0) is 23.9 Å². The van der Waals surface area contributed by atoms with Crippen molar-refractivity contribution in [3.63, 3.8) is 0 Å². The van der Waals surface area contributed by atoms with Crippen molar-refractivity contribution in [1.29, 1.82) is 0 Å². The normalized spacial score (nSPS) is 19.4. The van der Waals surface area contributed by atoms with E-state index in [1.54, 1.807) is 13.0 Å². The summed E-state index contributed by atoms with van der Waals surface area (Å²) in [5.74, 6) is -3.36. The molecule has 0 saturated heterocycles. The molecule has 0 radical (unpaired) electrons. The average Bonchev–Trinajstić information content (AvgIpc) is 2.45. The molecule has 1 aliphatic carbocycles. The quantitative estimate of drug-likeness (QED) is 0.454. The predicted molar refractivity (Wildman–Crippen MR) is 69.5 cm³/mol. The SMILES string of the molecule is C=CC(=O)OC(CC)OC(=O)C1=CCCCC1C(=O)O. The third-order valence-corrected chi connectivity index (χ3v) is 2.96. The minimum atomic E-state index is -1.05. The fraction of sp³-hybridized carbons (Fsp3) is 0.500. The first-order valence-electron chi connectivity index (χ1n) is 6.46. The molecule has 6 nitrogen and oxygen atoms in total. The van der Waals surface area contributed by atoms with Gasteiger partial charge in [-0.05, 0) is 19.3 Å². The molecule has 0 fully saturated rings. The van der Waals surface area contributed by atoms with Crippen LogP contribution < -0.4 is 0 Å². The van der Waals surface area contributed by atoms with Crippen molar-refractivity contribution < 1.29 is 29.0 Å². The van der Waals surface area contributed by atoms with Gasteiger partial charge in [0.1, 0.15) is 0 Å². The molecule has 110 valence electrons. The molecule has 0 heterocycles. The Morgan fingerprint density at radius 1 is 1.50 bits per heavy atom. The molecule has 0 aromatic heterocycles. The van der Waals surface area contributed by atoms with Crippen LogP contribution in [0, 0.1) is 5.92 Å². The zero-order valence-corrected chi connectivity index (χ0v) is 11.3. The highest BCUT2D eigenvalue weighted by Crippen LogP contribution is 2.26. The molecule has 1 N–H and O–H groups in total. The smallest absolute Gasteiger partial charge is 0.337 e. The van der Waals surface area contributed by atoms with Gasteiger partial charge in [-0.15, -0.1) is 0 Å². The molecule has 0 bridgehead atoms. The highest BCUT2D eigenvalue weighted by atomic mass is 16.7. The molecule has 0 aromatic carbocycles. The zero-order chi connectivity index (χ0) is 15.1. The topological polar surface area (TPSA) is 89.9 Å². The Labute approximate surface area is 117 Å². The second-order valence-corrected chi connectivity index (χ2v) is 4.37. The number of carboxylic acid groups (broad SMARTS) is 1. The first kappa shape index (κ1) is 15.9. The zero-order valence-electron chi connectivity index (χ0n) is 11.3. The molecule has 0 aromatic rings. The van der Waals surface area contributed by atoms with E-state index in [1.807, 2.05) is 0 Å². The van der Waals surface area contributed by atoms with Crippen molar-refractivity contribution >= 4 is 17.9 Å². The van der Waals surface area contributed by atoms with E-state index in [0.29, 0.717) is 12.8 Å². The van der Waals surface area contributed by atoms with Gasteiger partial charge in [0.2, 0.25) is 6.29 Å². The number of allylic oxidation sites excluding steroid dienone is 1. The highest BCUT2D eigenvalue weighted by molar-refractivity contribution is 5.95. The van der Waals surface area contributed by atoms with E-state index in [0.717, 1.165) is 12.5 Å². The Morgan fingerprint density at radius 3 is 2.75 bits per heavy atom. The van der Waals surface area contributed by atoms with Gasteiger partial charge in [-0.3, -0.25) is 4.79 Å². The number of carbonyl (C=O) groups is 3. The molecule has 0 amide bonds. The number of ether oxygens (including phenoxy) is 2. The Kier molecular flexibility index (Phi) is 5.96. The molecule has 1 rings (SSSR count). The van der Waals surface area contributed by atoms with Crippen molar-refractivity contribution in [2.75, 3.05) is 0 Å². The summed E-state index contributed by atoms with van der Waals surface area (Å²) in [6, 6.07) is 0. The summed E-state index contributed by atoms with van der Waals surface area (Å²) < 4.78 is 9.86. The van der Waals surface area contributed by atoms with Crippen LogP contribution in [0.4, 0.5) is 0 Å². The van der Waals surface area contributed by atoms with Crippen LogP contribution in [0.2, 0.25) is 0 Å². The van der Waals surface area contributed by atoms with Gasteiger partial charge in [-0.2, -0.15) is 0 Å². The van der Waals surface area contributed by atoms with Gasteiger partial charge >= 0.3 is 17.9 Å². The largest absolute Gasteiger partial charge is 0.481 e. The maximum atomic E-state index is 12.0. The van der Waals surface area contributed by atoms with Crippen molar-refractivity contribution in [2.45, 2.75) is 38.9 Å². The van der Waals surface area contributed by atoms with E-state index in [1.165, 1.54) is 0 Å². The number of esters is 2. The molecule has 1 aliphatic rings. The van der Waals surface area contributed by atoms with Gasteiger partial charge in [0.15, 0.2) is 0 Å². The Bertz CT molecular complexity index is 437. The second kappa shape index (κ2) is 7.47. The molecule has 0 aliphatic heterocycles. The summed E-state index contributed by atoms with van der Waals surface area (Å²) in [5, 5.41) is 9.09. The highest BCUT2D eigenvalue weighted by Gasteiger charge is 2.31. The van der Waals surface area contributed by atoms with Crippen LogP contribution in [0.5, 0.6) is 0 Å².